The second-order valence-corrected chi connectivity index (χ2v) is 6.37. The Morgan fingerprint density at radius 1 is 1.05 bits per heavy atom. The SMILES string of the molecule is Cc1c(Cl)ccc(Oc2cc(C(C)C)ccc2CCN)c1C. The molecule has 0 aromatic heterocycles. The molecular weight excluding hydrogens is 294 g/mol. The normalized spacial score (nSPS) is 11.0. The third-order valence-electron chi connectivity index (χ3n) is 4.06. The highest BCUT2D eigenvalue weighted by molar-refractivity contribution is 6.31. The van der Waals surface area contributed by atoms with E-state index in [2.05, 4.69) is 32.0 Å². The van der Waals surface area contributed by atoms with Crippen molar-refractivity contribution in [1.82, 2.24) is 0 Å². The molecule has 2 aromatic carbocycles. The van der Waals surface area contributed by atoms with Crippen LogP contribution in [-0.2, 0) is 6.42 Å². The van der Waals surface area contributed by atoms with Gasteiger partial charge in [-0.15, -0.1) is 0 Å². The van der Waals surface area contributed by atoms with Crippen molar-refractivity contribution >= 4 is 11.6 Å². The first-order valence-electron chi connectivity index (χ1n) is 7.70. The van der Waals surface area contributed by atoms with Crippen molar-refractivity contribution in [3.05, 3.63) is 57.6 Å². The summed E-state index contributed by atoms with van der Waals surface area (Å²) in [6.45, 7) is 9.01. The van der Waals surface area contributed by atoms with Gasteiger partial charge in [0.25, 0.3) is 0 Å². The maximum absolute atomic E-state index is 6.21. The summed E-state index contributed by atoms with van der Waals surface area (Å²) >= 11 is 6.16. The number of hydrogen-bond acceptors (Lipinski definition) is 2. The fourth-order valence-corrected chi connectivity index (χ4v) is 2.58. The van der Waals surface area contributed by atoms with Crippen LogP contribution in [0.15, 0.2) is 30.3 Å². The molecule has 0 aliphatic rings. The molecule has 0 heterocycles. The summed E-state index contributed by atoms with van der Waals surface area (Å²) in [5.74, 6) is 2.20. The largest absolute Gasteiger partial charge is 0.457 e. The topological polar surface area (TPSA) is 35.2 Å². The van der Waals surface area contributed by atoms with Crippen LogP contribution in [0, 0.1) is 13.8 Å². The van der Waals surface area contributed by atoms with E-state index in [0.29, 0.717) is 12.5 Å². The molecule has 2 nitrogen and oxygen atoms in total. The van der Waals surface area contributed by atoms with Gasteiger partial charge in [-0.3, -0.25) is 0 Å². The summed E-state index contributed by atoms with van der Waals surface area (Å²) in [4.78, 5) is 0. The van der Waals surface area contributed by atoms with E-state index in [1.54, 1.807) is 0 Å². The van der Waals surface area contributed by atoms with Gasteiger partial charge in [-0.25, -0.2) is 0 Å². The van der Waals surface area contributed by atoms with Gasteiger partial charge in [0.1, 0.15) is 11.5 Å². The summed E-state index contributed by atoms with van der Waals surface area (Å²) in [6, 6.07) is 10.2. The molecule has 0 spiro atoms. The molecule has 118 valence electrons. The molecule has 2 N–H and O–H groups in total. The number of nitrogens with two attached hydrogens (primary N) is 1. The quantitative estimate of drug-likeness (QED) is 0.804. The highest BCUT2D eigenvalue weighted by atomic mass is 35.5. The minimum atomic E-state index is 0.460. The summed E-state index contributed by atoms with van der Waals surface area (Å²) in [7, 11) is 0. The fraction of sp³-hybridized carbons (Fsp3) is 0.368. The smallest absolute Gasteiger partial charge is 0.130 e. The molecule has 2 aromatic rings. The van der Waals surface area contributed by atoms with Crippen molar-refractivity contribution in [2.24, 2.45) is 5.73 Å². The Bertz CT molecular complexity index is 665. The minimum Gasteiger partial charge on any atom is -0.457 e. The molecule has 3 heteroatoms. The Morgan fingerprint density at radius 2 is 1.77 bits per heavy atom. The third kappa shape index (κ3) is 3.63. The lowest BCUT2D eigenvalue weighted by Gasteiger charge is -2.16. The van der Waals surface area contributed by atoms with Crippen molar-refractivity contribution in [3.63, 3.8) is 0 Å². The molecule has 0 aliphatic carbocycles. The molecule has 0 aliphatic heterocycles. The number of hydrogen-bond donors (Lipinski definition) is 1. The first-order valence-corrected chi connectivity index (χ1v) is 8.08. The summed E-state index contributed by atoms with van der Waals surface area (Å²) < 4.78 is 6.21. The van der Waals surface area contributed by atoms with Gasteiger partial charge in [-0.1, -0.05) is 37.6 Å². The zero-order valence-electron chi connectivity index (χ0n) is 13.7. The predicted molar refractivity (Wildman–Crippen MR) is 94.3 cm³/mol. The van der Waals surface area contributed by atoms with Gasteiger partial charge < -0.3 is 10.5 Å². The van der Waals surface area contributed by atoms with E-state index in [-0.39, 0.29) is 0 Å². The van der Waals surface area contributed by atoms with E-state index < -0.39 is 0 Å². The first-order chi connectivity index (χ1) is 10.4. The lowest BCUT2D eigenvalue weighted by Crippen LogP contribution is -2.05. The minimum absolute atomic E-state index is 0.460. The molecule has 0 radical (unpaired) electrons. The van der Waals surface area contributed by atoms with Crippen LogP contribution in [0.4, 0.5) is 0 Å². The molecule has 0 amide bonds. The lowest BCUT2D eigenvalue weighted by molar-refractivity contribution is 0.471. The summed E-state index contributed by atoms with van der Waals surface area (Å²) in [5, 5.41) is 0.767. The molecule has 0 unspecified atom stereocenters. The van der Waals surface area contributed by atoms with Crippen LogP contribution >= 0.6 is 11.6 Å². The molecule has 0 saturated heterocycles. The van der Waals surface area contributed by atoms with Crippen molar-refractivity contribution in [2.45, 2.75) is 40.0 Å². The molecule has 0 fully saturated rings. The van der Waals surface area contributed by atoms with Crippen molar-refractivity contribution in [3.8, 4) is 11.5 Å². The molecule has 0 saturated carbocycles. The number of benzene rings is 2. The average Bonchev–Trinajstić information content (AvgIpc) is 2.49. The Kier molecular flexibility index (Phi) is 5.49. The number of halogens is 1. The maximum Gasteiger partial charge on any atom is 0.130 e. The van der Waals surface area contributed by atoms with E-state index in [1.165, 1.54) is 5.56 Å². The van der Waals surface area contributed by atoms with Gasteiger partial charge in [0.2, 0.25) is 0 Å². The molecule has 2 rings (SSSR count). The number of rotatable bonds is 5. The fourth-order valence-electron chi connectivity index (χ4n) is 2.38. The second kappa shape index (κ2) is 7.17. The first kappa shape index (κ1) is 16.9. The maximum atomic E-state index is 6.21. The summed E-state index contributed by atoms with van der Waals surface area (Å²) in [6.07, 6.45) is 0.805. The highest BCUT2D eigenvalue weighted by Gasteiger charge is 2.11. The van der Waals surface area contributed by atoms with E-state index in [1.807, 2.05) is 26.0 Å². The van der Waals surface area contributed by atoms with Gasteiger partial charge in [-0.2, -0.15) is 0 Å². The Labute approximate surface area is 138 Å². The standard InChI is InChI=1S/C19H24ClNO/c1-12(2)16-6-5-15(9-10-21)19(11-16)22-18-8-7-17(20)13(3)14(18)4/h5-8,11-12H,9-10,21H2,1-4H3. The van der Waals surface area contributed by atoms with Crippen LogP contribution in [0.3, 0.4) is 0 Å². The third-order valence-corrected chi connectivity index (χ3v) is 4.47. The van der Waals surface area contributed by atoms with Crippen molar-refractivity contribution < 1.29 is 4.74 Å². The van der Waals surface area contributed by atoms with Crippen molar-refractivity contribution in [2.75, 3.05) is 6.54 Å². The summed E-state index contributed by atoms with van der Waals surface area (Å²) in [5.41, 5.74) is 10.2. The molecule has 22 heavy (non-hydrogen) atoms. The number of ether oxygens (including phenoxy) is 1. The van der Waals surface area contributed by atoms with Crippen LogP contribution < -0.4 is 10.5 Å². The molecule has 0 bridgehead atoms. The van der Waals surface area contributed by atoms with Crippen LogP contribution in [0.5, 0.6) is 11.5 Å². The average molecular weight is 318 g/mol. The Balaban J connectivity index is 2.42. The van der Waals surface area contributed by atoms with Crippen LogP contribution in [-0.4, -0.2) is 6.54 Å². The Morgan fingerprint density at radius 3 is 2.41 bits per heavy atom. The van der Waals surface area contributed by atoms with Gasteiger partial charge >= 0.3 is 0 Å². The molecular formula is C19H24ClNO. The van der Waals surface area contributed by atoms with E-state index in [9.17, 15) is 0 Å². The zero-order valence-corrected chi connectivity index (χ0v) is 14.5. The van der Waals surface area contributed by atoms with Gasteiger partial charge in [0, 0.05) is 5.02 Å². The zero-order chi connectivity index (χ0) is 16.3. The van der Waals surface area contributed by atoms with Crippen LogP contribution in [0.1, 0.15) is 42.0 Å². The lowest BCUT2D eigenvalue weighted by atomic mass is 9.99. The van der Waals surface area contributed by atoms with Gasteiger partial charge in [-0.05, 0) is 73.2 Å². The van der Waals surface area contributed by atoms with Gasteiger partial charge in [0.05, 0.1) is 0 Å². The predicted octanol–water partition coefficient (Wildman–Crippen LogP) is 5.37. The molecule has 0 atom stereocenters. The van der Waals surface area contributed by atoms with Crippen LogP contribution in [0.25, 0.3) is 0 Å². The van der Waals surface area contributed by atoms with Crippen LogP contribution in [0.2, 0.25) is 5.02 Å². The van der Waals surface area contributed by atoms with E-state index in [4.69, 9.17) is 22.1 Å². The monoisotopic (exact) mass is 317 g/mol. The Hall–Kier alpha value is -1.51. The van der Waals surface area contributed by atoms with E-state index in [0.717, 1.165) is 39.6 Å². The highest BCUT2D eigenvalue weighted by Crippen LogP contribution is 2.34. The second-order valence-electron chi connectivity index (χ2n) is 5.96. The van der Waals surface area contributed by atoms with E-state index >= 15 is 0 Å². The van der Waals surface area contributed by atoms with Crippen molar-refractivity contribution in [1.29, 1.82) is 0 Å². The van der Waals surface area contributed by atoms with Gasteiger partial charge in [0.15, 0.2) is 0 Å².